The van der Waals surface area contributed by atoms with Crippen molar-refractivity contribution in [3.63, 3.8) is 0 Å². The van der Waals surface area contributed by atoms with Crippen molar-refractivity contribution in [2.75, 3.05) is 19.0 Å². The predicted octanol–water partition coefficient (Wildman–Crippen LogP) is 2.21. The Morgan fingerprint density at radius 3 is 2.50 bits per heavy atom. The number of benzene rings is 1. The lowest BCUT2D eigenvalue weighted by atomic mass is 10.1. The molecule has 0 unspecified atom stereocenters. The summed E-state index contributed by atoms with van der Waals surface area (Å²) in [7, 11) is 3.94. The minimum absolute atomic E-state index is 0.120. The van der Waals surface area contributed by atoms with Gasteiger partial charge in [-0.25, -0.2) is 0 Å². The van der Waals surface area contributed by atoms with Gasteiger partial charge in [0.15, 0.2) is 5.43 Å². The molecular formula is C13H16N2O. The van der Waals surface area contributed by atoms with Crippen LogP contribution in [-0.2, 0) is 0 Å². The van der Waals surface area contributed by atoms with E-state index in [0.29, 0.717) is 0 Å². The number of aromatic amines is 1. The van der Waals surface area contributed by atoms with E-state index in [1.165, 1.54) is 0 Å². The van der Waals surface area contributed by atoms with E-state index in [1.54, 1.807) is 0 Å². The number of nitrogens with one attached hydrogen (secondary N) is 1. The first-order valence-corrected chi connectivity index (χ1v) is 5.31. The Bertz CT molecular complexity index is 597. The number of fused-ring (bicyclic) bond motifs is 1. The van der Waals surface area contributed by atoms with Crippen LogP contribution in [0.1, 0.15) is 11.3 Å². The van der Waals surface area contributed by atoms with Gasteiger partial charge in [-0.05, 0) is 32.0 Å². The van der Waals surface area contributed by atoms with Crippen LogP contribution in [0.5, 0.6) is 0 Å². The highest BCUT2D eigenvalue weighted by atomic mass is 16.1. The average molecular weight is 216 g/mol. The Balaban J connectivity index is 2.83. The lowest BCUT2D eigenvalue weighted by molar-refractivity contribution is 1.13. The Morgan fingerprint density at radius 1 is 1.19 bits per heavy atom. The molecule has 0 radical (unpaired) electrons. The monoisotopic (exact) mass is 216 g/mol. The van der Waals surface area contributed by atoms with Crippen molar-refractivity contribution in [2.24, 2.45) is 0 Å². The maximum absolute atomic E-state index is 12.1. The van der Waals surface area contributed by atoms with Crippen LogP contribution in [0, 0.1) is 13.8 Å². The number of pyridine rings is 1. The van der Waals surface area contributed by atoms with E-state index in [4.69, 9.17) is 0 Å². The van der Waals surface area contributed by atoms with Gasteiger partial charge in [0.2, 0.25) is 0 Å². The molecule has 1 aromatic carbocycles. The Labute approximate surface area is 94.7 Å². The van der Waals surface area contributed by atoms with E-state index < -0.39 is 0 Å². The molecule has 3 heteroatoms. The normalized spacial score (nSPS) is 10.8. The first-order chi connectivity index (χ1) is 7.50. The van der Waals surface area contributed by atoms with E-state index in [0.717, 1.165) is 27.8 Å². The second-order valence-corrected chi connectivity index (χ2v) is 4.33. The van der Waals surface area contributed by atoms with Gasteiger partial charge in [-0.3, -0.25) is 4.79 Å². The molecule has 0 saturated carbocycles. The first kappa shape index (κ1) is 10.7. The maximum atomic E-state index is 12.1. The molecule has 0 aliphatic rings. The highest BCUT2D eigenvalue weighted by Crippen LogP contribution is 2.18. The molecule has 2 aromatic rings. The number of anilines is 1. The molecule has 0 aliphatic carbocycles. The Hall–Kier alpha value is -1.77. The standard InChI is InChI=1S/C13H16N2O/c1-8-9(2)14-12-6-5-10(15(3)4)7-11(12)13(8)16/h5-7H,1-4H3,(H,14,16). The summed E-state index contributed by atoms with van der Waals surface area (Å²) >= 11 is 0. The van der Waals surface area contributed by atoms with E-state index in [2.05, 4.69) is 4.98 Å². The van der Waals surface area contributed by atoms with Gasteiger partial charge >= 0.3 is 0 Å². The molecule has 1 aromatic heterocycles. The van der Waals surface area contributed by atoms with Crippen LogP contribution >= 0.6 is 0 Å². The fraction of sp³-hybridized carbons (Fsp3) is 0.308. The summed E-state index contributed by atoms with van der Waals surface area (Å²) in [6.45, 7) is 3.78. The highest BCUT2D eigenvalue weighted by molar-refractivity contribution is 5.83. The molecule has 1 N–H and O–H groups in total. The number of hydrogen-bond donors (Lipinski definition) is 1. The number of nitrogens with zero attached hydrogens (tertiary/aromatic N) is 1. The minimum Gasteiger partial charge on any atom is -0.378 e. The van der Waals surface area contributed by atoms with Gasteiger partial charge < -0.3 is 9.88 Å². The average Bonchev–Trinajstić information content (AvgIpc) is 2.25. The zero-order valence-electron chi connectivity index (χ0n) is 10.1. The molecule has 84 valence electrons. The fourth-order valence-corrected chi connectivity index (χ4v) is 1.78. The summed E-state index contributed by atoms with van der Waals surface area (Å²) < 4.78 is 0. The quantitative estimate of drug-likeness (QED) is 0.793. The van der Waals surface area contributed by atoms with Crippen molar-refractivity contribution in [2.45, 2.75) is 13.8 Å². The van der Waals surface area contributed by atoms with Crippen molar-refractivity contribution in [3.05, 3.63) is 39.7 Å². The smallest absolute Gasteiger partial charge is 0.192 e. The SMILES string of the molecule is Cc1[nH]c2ccc(N(C)C)cc2c(=O)c1C. The number of rotatable bonds is 1. The van der Waals surface area contributed by atoms with Crippen molar-refractivity contribution in [1.82, 2.24) is 4.98 Å². The fourth-order valence-electron chi connectivity index (χ4n) is 1.78. The molecule has 1 heterocycles. The third kappa shape index (κ3) is 1.58. The number of hydrogen-bond acceptors (Lipinski definition) is 2. The van der Waals surface area contributed by atoms with Crippen molar-refractivity contribution < 1.29 is 0 Å². The molecule has 0 amide bonds. The Morgan fingerprint density at radius 2 is 1.88 bits per heavy atom. The van der Waals surface area contributed by atoms with Gasteiger partial charge in [0.25, 0.3) is 0 Å². The zero-order valence-corrected chi connectivity index (χ0v) is 10.1. The van der Waals surface area contributed by atoms with Gasteiger partial charge in [0, 0.05) is 41.9 Å². The van der Waals surface area contributed by atoms with Crippen molar-refractivity contribution in [1.29, 1.82) is 0 Å². The summed E-state index contributed by atoms with van der Waals surface area (Å²) in [6, 6.07) is 5.90. The third-order valence-electron chi connectivity index (χ3n) is 2.99. The highest BCUT2D eigenvalue weighted by Gasteiger charge is 2.06. The van der Waals surface area contributed by atoms with Crippen LogP contribution in [0.3, 0.4) is 0 Å². The van der Waals surface area contributed by atoms with Gasteiger partial charge in [0.1, 0.15) is 0 Å². The van der Waals surface area contributed by atoms with E-state index in [-0.39, 0.29) is 5.43 Å². The minimum atomic E-state index is 0.120. The van der Waals surface area contributed by atoms with Crippen LogP contribution in [0.2, 0.25) is 0 Å². The zero-order chi connectivity index (χ0) is 11.9. The molecule has 2 rings (SSSR count). The number of aryl methyl sites for hydroxylation is 1. The molecule has 0 saturated heterocycles. The second-order valence-electron chi connectivity index (χ2n) is 4.33. The van der Waals surface area contributed by atoms with Crippen LogP contribution in [-0.4, -0.2) is 19.1 Å². The van der Waals surface area contributed by atoms with Crippen molar-refractivity contribution >= 4 is 16.6 Å². The van der Waals surface area contributed by atoms with Gasteiger partial charge in [-0.2, -0.15) is 0 Å². The van der Waals surface area contributed by atoms with Crippen LogP contribution in [0.25, 0.3) is 10.9 Å². The Kier molecular flexibility index (Phi) is 2.46. The first-order valence-electron chi connectivity index (χ1n) is 5.31. The summed E-state index contributed by atoms with van der Waals surface area (Å²) in [5.74, 6) is 0. The molecule has 0 fully saturated rings. The van der Waals surface area contributed by atoms with Crippen LogP contribution in [0.4, 0.5) is 5.69 Å². The van der Waals surface area contributed by atoms with Gasteiger partial charge in [0.05, 0.1) is 0 Å². The summed E-state index contributed by atoms with van der Waals surface area (Å²) in [4.78, 5) is 17.3. The topological polar surface area (TPSA) is 36.1 Å². The van der Waals surface area contributed by atoms with Crippen molar-refractivity contribution in [3.8, 4) is 0 Å². The lowest BCUT2D eigenvalue weighted by Crippen LogP contribution is -2.12. The molecule has 0 atom stereocenters. The molecule has 16 heavy (non-hydrogen) atoms. The molecular weight excluding hydrogens is 200 g/mol. The largest absolute Gasteiger partial charge is 0.378 e. The van der Waals surface area contributed by atoms with Gasteiger partial charge in [-0.1, -0.05) is 0 Å². The van der Waals surface area contributed by atoms with E-state index >= 15 is 0 Å². The lowest BCUT2D eigenvalue weighted by Gasteiger charge is -2.13. The van der Waals surface area contributed by atoms with E-state index in [1.807, 2.05) is 51.0 Å². The second kappa shape index (κ2) is 3.67. The predicted molar refractivity (Wildman–Crippen MR) is 68.4 cm³/mol. The number of aromatic nitrogens is 1. The van der Waals surface area contributed by atoms with Gasteiger partial charge in [-0.15, -0.1) is 0 Å². The molecule has 0 bridgehead atoms. The molecule has 0 aliphatic heterocycles. The van der Waals surface area contributed by atoms with E-state index in [9.17, 15) is 4.79 Å². The summed E-state index contributed by atoms with van der Waals surface area (Å²) in [6.07, 6.45) is 0. The maximum Gasteiger partial charge on any atom is 0.192 e. The summed E-state index contributed by atoms with van der Waals surface area (Å²) in [5, 5.41) is 0.759. The molecule has 3 nitrogen and oxygen atoms in total. The summed E-state index contributed by atoms with van der Waals surface area (Å²) in [5.41, 5.74) is 3.80. The van der Waals surface area contributed by atoms with Crippen LogP contribution in [0.15, 0.2) is 23.0 Å². The third-order valence-corrected chi connectivity index (χ3v) is 2.99. The van der Waals surface area contributed by atoms with Crippen LogP contribution < -0.4 is 10.3 Å². The number of H-pyrrole nitrogens is 1. The molecule has 0 spiro atoms.